The van der Waals surface area contributed by atoms with Crippen molar-refractivity contribution in [2.75, 3.05) is 24.2 Å². The van der Waals surface area contributed by atoms with Gasteiger partial charge in [-0.25, -0.2) is 4.79 Å². The second-order valence-corrected chi connectivity index (χ2v) is 9.03. The van der Waals surface area contributed by atoms with Crippen molar-refractivity contribution in [3.8, 4) is 0 Å². The summed E-state index contributed by atoms with van der Waals surface area (Å²) in [6.07, 6.45) is 1.63. The van der Waals surface area contributed by atoms with E-state index < -0.39 is 5.97 Å². The fourth-order valence-corrected chi connectivity index (χ4v) is 5.19. The number of carbonyl (C=O) groups is 2. The third kappa shape index (κ3) is 5.89. The number of aliphatic imine (C=N–C) groups is 1. The third-order valence-electron chi connectivity index (χ3n) is 4.74. The minimum Gasteiger partial charge on any atom is -0.452 e. The molecule has 0 saturated carbocycles. The Morgan fingerprint density at radius 3 is 2.43 bits per heavy atom. The molecule has 1 aliphatic heterocycles. The van der Waals surface area contributed by atoms with Gasteiger partial charge in [0.15, 0.2) is 6.61 Å². The highest BCUT2D eigenvalue weighted by Gasteiger charge is 2.17. The maximum Gasteiger partial charge on any atom is 0.338 e. The van der Waals surface area contributed by atoms with Crippen molar-refractivity contribution in [3.63, 3.8) is 0 Å². The first-order valence-corrected chi connectivity index (χ1v) is 12.0. The molecule has 1 N–H and O–H groups in total. The fraction of sp³-hybridized carbons (Fsp3) is 0.348. The first-order chi connectivity index (χ1) is 14.6. The molecule has 5 nitrogen and oxygen atoms in total. The summed E-state index contributed by atoms with van der Waals surface area (Å²) in [7, 11) is 0. The van der Waals surface area contributed by atoms with Gasteiger partial charge in [0.2, 0.25) is 0 Å². The Kier molecular flexibility index (Phi) is 8.39. The van der Waals surface area contributed by atoms with Crippen molar-refractivity contribution in [2.45, 2.75) is 32.4 Å². The van der Waals surface area contributed by atoms with Gasteiger partial charge in [-0.15, -0.1) is 0 Å². The van der Waals surface area contributed by atoms with Crippen molar-refractivity contribution in [2.24, 2.45) is 4.99 Å². The number of ether oxygens (including phenoxy) is 1. The van der Waals surface area contributed by atoms with E-state index in [4.69, 9.17) is 4.74 Å². The van der Waals surface area contributed by atoms with Crippen molar-refractivity contribution < 1.29 is 14.3 Å². The van der Waals surface area contributed by atoms with E-state index in [-0.39, 0.29) is 12.5 Å². The van der Waals surface area contributed by atoms with Crippen LogP contribution in [0.1, 0.15) is 40.9 Å². The molecule has 3 rings (SSSR count). The Labute approximate surface area is 186 Å². The number of carbonyl (C=O) groups excluding carboxylic acids is 2. The quantitative estimate of drug-likeness (QED) is 0.586. The summed E-state index contributed by atoms with van der Waals surface area (Å²) in [6.45, 7) is 4.64. The maximum atomic E-state index is 12.6. The average molecular weight is 443 g/mol. The lowest BCUT2D eigenvalue weighted by atomic mass is 10.0. The molecule has 158 valence electrons. The van der Waals surface area contributed by atoms with E-state index >= 15 is 0 Å². The summed E-state index contributed by atoms with van der Waals surface area (Å²) >= 11 is 3.37. The van der Waals surface area contributed by atoms with Gasteiger partial charge in [0, 0.05) is 17.2 Å². The summed E-state index contributed by atoms with van der Waals surface area (Å²) in [5.74, 6) is 0.846. The number of benzene rings is 2. The number of hydrogen-bond acceptors (Lipinski definition) is 6. The number of anilines is 1. The molecule has 0 unspecified atom stereocenters. The summed E-state index contributed by atoms with van der Waals surface area (Å²) in [5.41, 5.74) is 4.35. The molecule has 2 aromatic carbocycles. The number of hydrogen-bond donors (Lipinski definition) is 1. The molecule has 7 heteroatoms. The highest BCUT2D eigenvalue weighted by molar-refractivity contribution is 8.38. The molecule has 30 heavy (non-hydrogen) atoms. The van der Waals surface area contributed by atoms with Crippen LogP contribution in [0, 0.1) is 0 Å². The standard InChI is InChI=1S/C23H26N2O3S2/c1-3-16-9-7-10-17(4-2)21(16)25-20(26)14-28-22(27)19-11-6-5-8-18(19)15-30-23-24-12-13-29-23/h5-11H,3-4,12-15H2,1-2H3,(H,25,26). The van der Waals surface area contributed by atoms with Crippen LogP contribution in [0.25, 0.3) is 0 Å². The van der Waals surface area contributed by atoms with Crippen LogP contribution < -0.4 is 5.32 Å². The second-order valence-electron chi connectivity index (χ2n) is 6.72. The minimum absolute atomic E-state index is 0.315. The zero-order chi connectivity index (χ0) is 21.3. The van der Waals surface area contributed by atoms with Gasteiger partial charge in [-0.05, 0) is 35.6 Å². The van der Waals surface area contributed by atoms with Crippen LogP contribution in [0.5, 0.6) is 0 Å². The van der Waals surface area contributed by atoms with E-state index in [9.17, 15) is 9.59 Å². The van der Waals surface area contributed by atoms with E-state index in [0.29, 0.717) is 11.3 Å². The van der Waals surface area contributed by atoms with Crippen molar-refractivity contribution >= 4 is 45.5 Å². The van der Waals surface area contributed by atoms with E-state index in [1.54, 1.807) is 35.7 Å². The maximum absolute atomic E-state index is 12.6. The van der Waals surface area contributed by atoms with Crippen LogP contribution >= 0.6 is 23.5 Å². The molecule has 0 radical (unpaired) electrons. The Morgan fingerprint density at radius 1 is 1.07 bits per heavy atom. The first-order valence-electron chi connectivity index (χ1n) is 10.1. The van der Waals surface area contributed by atoms with Gasteiger partial charge in [-0.2, -0.15) is 0 Å². The van der Waals surface area contributed by atoms with Gasteiger partial charge in [-0.1, -0.05) is 73.8 Å². The number of para-hydroxylation sites is 1. The number of nitrogens with zero attached hydrogens (tertiary/aromatic N) is 1. The van der Waals surface area contributed by atoms with Crippen LogP contribution in [-0.4, -0.2) is 35.2 Å². The molecule has 0 aromatic heterocycles. The molecule has 2 aromatic rings. The van der Waals surface area contributed by atoms with Gasteiger partial charge < -0.3 is 10.1 Å². The van der Waals surface area contributed by atoms with Crippen molar-refractivity contribution in [3.05, 3.63) is 64.7 Å². The van der Waals surface area contributed by atoms with Crippen LogP contribution in [0.2, 0.25) is 0 Å². The van der Waals surface area contributed by atoms with Gasteiger partial charge in [0.1, 0.15) is 4.38 Å². The lowest BCUT2D eigenvalue weighted by Gasteiger charge is -2.15. The van der Waals surface area contributed by atoms with Crippen LogP contribution in [-0.2, 0) is 28.1 Å². The zero-order valence-electron chi connectivity index (χ0n) is 17.3. The molecule has 0 saturated heterocycles. The summed E-state index contributed by atoms with van der Waals surface area (Å²) < 4.78 is 6.38. The molecule has 1 amide bonds. The highest BCUT2D eigenvalue weighted by atomic mass is 32.2. The van der Waals surface area contributed by atoms with Crippen LogP contribution in [0.3, 0.4) is 0 Å². The van der Waals surface area contributed by atoms with Crippen molar-refractivity contribution in [1.29, 1.82) is 0 Å². The number of esters is 1. The predicted octanol–water partition coefficient (Wildman–Crippen LogP) is 4.94. The molecule has 0 aliphatic carbocycles. The molecule has 1 heterocycles. The molecular weight excluding hydrogens is 416 g/mol. The Balaban J connectivity index is 1.60. The predicted molar refractivity (Wildman–Crippen MR) is 127 cm³/mol. The Bertz CT molecular complexity index is 922. The Morgan fingerprint density at radius 2 is 1.77 bits per heavy atom. The number of rotatable bonds is 8. The van der Waals surface area contributed by atoms with Gasteiger partial charge in [-0.3, -0.25) is 9.79 Å². The van der Waals surface area contributed by atoms with Crippen molar-refractivity contribution in [1.82, 2.24) is 0 Å². The van der Waals surface area contributed by atoms with Crippen LogP contribution in [0.15, 0.2) is 47.5 Å². The minimum atomic E-state index is -0.484. The van der Waals surface area contributed by atoms with Gasteiger partial charge >= 0.3 is 5.97 Å². The SMILES string of the molecule is CCc1cccc(CC)c1NC(=O)COC(=O)c1ccccc1CSC1=NCCS1. The topological polar surface area (TPSA) is 67.8 Å². The summed E-state index contributed by atoms with van der Waals surface area (Å²) in [6, 6.07) is 13.4. The van der Waals surface area contributed by atoms with Gasteiger partial charge in [0.05, 0.1) is 12.1 Å². The lowest BCUT2D eigenvalue weighted by molar-refractivity contribution is -0.119. The molecule has 0 spiro atoms. The largest absolute Gasteiger partial charge is 0.452 e. The van der Waals surface area contributed by atoms with E-state index in [2.05, 4.69) is 24.2 Å². The first kappa shape index (κ1) is 22.4. The molecule has 0 fully saturated rings. The smallest absolute Gasteiger partial charge is 0.338 e. The number of thioether (sulfide) groups is 2. The molecular formula is C23H26N2O3S2. The van der Waals surface area contributed by atoms with E-state index in [1.165, 1.54) is 0 Å². The molecule has 0 bridgehead atoms. The third-order valence-corrected chi connectivity index (χ3v) is 7.05. The second kappa shape index (κ2) is 11.2. The van der Waals surface area contributed by atoms with E-state index in [0.717, 1.165) is 51.9 Å². The molecule has 0 atom stereocenters. The fourth-order valence-electron chi connectivity index (χ4n) is 3.18. The number of aryl methyl sites for hydroxylation is 2. The summed E-state index contributed by atoms with van der Waals surface area (Å²) in [4.78, 5) is 29.5. The normalized spacial score (nSPS) is 13.1. The summed E-state index contributed by atoms with van der Waals surface area (Å²) in [5, 5.41) is 2.93. The lowest BCUT2D eigenvalue weighted by Crippen LogP contribution is -2.22. The Hall–Kier alpha value is -2.25. The zero-order valence-corrected chi connectivity index (χ0v) is 18.9. The van der Waals surface area contributed by atoms with Gasteiger partial charge in [0.25, 0.3) is 5.91 Å². The van der Waals surface area contributed by atoms with Crippen LogP contribution in [0.4, 0.5) is 5.69 Å². The highest BCUT2D eigenvalue weighted by Crippen LogP contribution is 2.27. The molecule has 1 aliphatic rings. The number of amides is 1. The van der Waals surface area contributed by atoms with E-state index in [1.807, 2.05) is 30.3 Å². The average Bonchev–Trinajstić information content (AvgIpc) is 3.30. The number of nitrogens with one attached hydrogen (secondary N) is 1. The monoisotopic (exact) mass is 442 g/mol.